The second-order valence-electron chi connectivity index (χ2n) is 5.99. The summed E-state index contributed by atoms with van der Waals surface area (Å²) < 4.78 is 5.51. The predicted octanol–water partition coefficient (Wildman–Crippen LogP) is 4.11. The number of amides is 2. The Kier molecular flexibility index (Phi) is 9.23. The summed E-state index contributed by atoms with van der Waals surface area (Å²) >= 11 is 12.9. The van der Waals surface area contributed by atoms with E-state index in [0.29, 0.717) is 23.4 Å². The van der Waals surface area contributed by atoms with Crippen molar-refractivity contribution in [1.82, 2.24) is 15.1 Å². The highest BCUT2D eigenvalue weighted by molar-refractivity contribution is 7.15. The van der Waals surface area contributed by atoms with E-state index in [1.54, 1.807) is 12.0 Å². The summed E-state index contributed by atoms with van der Waals surface area (Å²) in [4.78, 5) is 16.4. The molecule has 0 radical (unpaired) electrons. The summed E-state index contributed by atoms with van der Waals surface area (Å²) in [5, 5.41) is 9.89. The number of unbranched alkanes of at least 4 members (excludes halogenated alkanes) is 3. The summed E-state index contributed by atoms with van der Waals surface area (Å²) in [6, 6.07) is -0.0458. The van der Waals surface area contributed by atoms with Crippen molar-refractivity contribution in [2.24, 2.45) is 0 Å². The molecule has 25 heavy (non-hydrogen) atoms. The normalized spacial score (nSPS) is 18.2. The molecule has 1 aliphatic rings. The molecule has 6 nitrogen and oxygen atoms in total. The van der Waals surface area contributed by atoms with E-state index in [4.69, 9.17) is 27.9 Å². The van der Waals surface area contributed by atoms with E-state index in [-0.39, 0.29) is 12.3 Å². The largest absolute Gasteiger partial charge is 0.361 e. The predicted molar refractivity (Wildman–Crippen MR) is 103 cm³/mol. The Morgan fingerprint density at radius 3 is 2.64 bits per heavy atom. The number of carbonyl (C=O) groups excluding carboxylic acids is 1. The zero-order valence-corrected chi connectivity index (χ0v) is 17.0. The van der Waals surface area contributed by atoms with E-state index >= 15 is 0 Å². The Bertz CT molecular complexity index is 532. The monoisotopic (exact) mass is 408 g/mol. The third-order valence-electron chi connectivity index (χ3n) is 4.18. The quantitative estimate of drug-likeness (QED) is 0.408. The number of carbonyl (C=O) groups is 1. The van der Waals surface area contributed by atoms with Gasteiger partial charge in [-0.1, -0.05) is 24.2 Å². The lowest BCUT2D eigenvalue weighted by Gasteiger charge is -2.39. The molecule has 2 amide bonds. The van der Waals surface area contributed by atoms with Crippen molar-refractivity contribution in [3.63, 3.8) is 0 Å². The molecular formula is C16H26Cl2N4O2S. The van der Waals surface area contributed by atoms with Gasteiger partial charge < -0.3 is 9.64 Å². The van der Waals surface area contributed by atoms with Crippen LogP contribution in [0.3, 0.4) is 0 Å². The van der Waals surface area contributed by atoms with Gasteiger partial charge in [0.2, 0.25) is 5.13 Å². The molecule has 2 heterocycles. The summed E-state index contributed by atoms with van der Waals surface area (Å²) in [5.74, 6) is 1.30. The molecule has 0 aliphatic carbocycles. The third-order valence-corrected chi connectivity index (χ3v) is 5.70. The maximum atomic E-state index is 12.9. The number of urea groups is 1. The van der Waals surface area contributed by atoms with Crippen LogP contribution in [-0.2, 0) is 11.2 Å². The second-order valence-corrected chi connectivity index (χ2v) is 7.79. The van der Waals surface area contributed by atoms with E-state index < -0.39 is 0 Å². The average Bonchev–Trinajstić information content (AvgIpc) is 3.09. The van der Waals surface area contributed by atoms with Gasteiger partial charge in [0.15, 0.2) is 0 Å². The molecule has 0 aromatic carbocycles. The van der Waals surface area contributed by atoms with Gasteiger partial charge in [-0.15, -0.1) is 33.4 Å². The Morgan fingerprint density at radius 2 is 1.92 bits per heavy atom. The molecule has 1 fully saturated rings. The van der Waals surface area contributed by atoms with Gasteiger partial charge in [0.1, 0.15) is 11.2 Å². The Labute approximate surface area is 163 Å². The molecule has 0 bridgehead atoms. The van der Waals surface area contributed by atoms with Crippen molar-refractivity contribution >= 4 is 45.7 Å². The number of halogens is 2. The van der Waals surface area contributed by atoms with E-state index in [1.807, 2.05) is 4.90 Å². The number of aryl methyl sites for hydroxylation is 1. The van der Waals surface area contributed by atoms with Crippen LogP contribution in [0.5, 0.6) is 0 Å². The first-order valence-electron chi connectivity index (χ1n) is 8.76. The molecule has 1 saturated heterocycles. The van der Waals surface area contributed by atoms with Crippen LogP contribution in [0.4, 0.5) is 9.93 Å². The highest BCUT2D eigenvalue weighted by atomic mass is 35.5. The summed E-state index contributed by atoms with van der Waals surface area (Å²) in [5.41, 5.74) is 0. The summed E-state index contributed by atoms with van der Waals surface area (Å²) in [6.45, 7) is 1.47. The maximum absolute atomic E-state index is 12.9. The number of anilines is 1. The molecule has 1 unspecified atom stereocenters. The van der Waals surface area contributed by atoms with E-state index in [0.717, 1.165) is 56.5 Å². The van der Waals surface area contributed by atoms with E-state index in [2.05, 4.69) is 10.2 Å². The maximum Gasteiger partial charge on any atom is 0.328 e. The number of hydrogen-bond donors (Lipinski definition) is 0. The van der Waals surface area contributed by atoms with Crippen LogP contribution in [0.15, 0.2) is 0 Å². The number of aromatic nitrogens is 2. The third kappa shape index (κ3) is 5.94. The lowest BCUT2D eigenvalue weighted by molar-refractivity contribution is 0.0652. The summed E-state index contributed by atoms with van der Waals surface area (Å²) in [7, 11) is 1.63. The highest BCUT2D eigenvalue weighted by Gasteiger charge is 2.36. The van der Waals surface area contributed by atoms with Crippen molar-refractivity contribution in [3.8, 4) is 0 Å². The van der Waals surface area contributed by atoms with E-state index in [9.17, 15) is 4.79 Å². The number of hydrogen-bond acceptors (Lipinski definition) is 5. The van der Waals surface area contributed by atoms with Crippen LogP contribution < -0.4 is 4.90 Å². The smallest absolute Gasteiger partial charge is 0.328 e. The van der Waals surface area contributed by atoms with Crippen LogP contribution in [0.2, 0.25) is 0 Å². The van der Waals surface area contributed by atoms with Crippen LogP contribution in [-0.4, -0.2) is 59.3 Å². The molecule has 0 N–H and O–H groups in total. The van der Waals surface area contributed by atoms with Crippen molar-refractivity contribution in [3.05, 3.63) is 5.01 Å². The zero-order valence-electron chi connectivity index (χ0n) is 14.6. The molecular weight excluding hydrogens is 383 g/mol. The number of ether oxygens (including phenoxy) is 1. The Morgan fingerprint density at radius 1 is 1.16 bits per heavy atom. The second kappa shape index (κ2) is 11.2. The molecule has 142 valence electrons. The summed E-state index contributed by atoms with van der Waals surface area (Å²) in [6.07, 6.45) is 6.34. The minimum Gasteiger partial charge on any atom is -0.361 e. The van der Waals surface area contributed by atoms with Gasteiger partial charge in [-0.2, -0.15) is 0 Å². The van der Waals surface area contributed by atoms with Gasteiger partial charge in [-0.25, -0.2) is 9.69 Å². The number of alkyl halides is 2. The molecule has 1 aromatic rings. The van der Waals surface area contributed by atoms with Crippen LogP contribution >= 0.6 is 34.5 Å². The van der Waals surface area contributed by atoms with Gasteiger partial charge >= 0.3 is 6.03 Å². The van der Waals surface area contributed by atoms with Gasteiger partial charge in [0.05, 0.1) is 0 Å². The van der Waals surface area contributed by atoms with Gasteiger partial charge in [-0.3, -0.25) is 0 Å². The number of rotatable bonds is 11. The van der Waals surface area contributed by atoms with E-state index in [1.165, 1.54) is 11.3 Å². The van der Waals surface area contributed by atoms with Crippen LogP contribution in [0.25, 0.3) is 0 Å². The topological polar surface area (TPSA) is 58.6 Å². The van der Waals surface area contributed by atoms with Crippen molar-refractivity contribution in [2.45, 2.75) is 51.2 Å². The van der Waals surface area contributed by atoms with Crippen molar-refractivity contribution < 1.29 is 9.53 Å². The molecule has 1 aromatic heterocycles. The van der Waals surface area contributed by atoms with Crippen molar-refractivity contribution in [2.75, 3.05) is 36.9 Å². The fourth-order valence-electron chi connectivity index (χ4n) is 2.81. The first-order chi connectivity index (χ1) is 12.2. The van der Waals surface area contributed by atoms with Gasteiger partial charge in [0.25, 0.3) is 0 Å². The lowest BCUT2D eigenvalue weighted by Crippen LogP contribution is -2.55. The molecule has 9 heteroatoms. The fraction of sp³-hybridized carbons (Fsp3) is 0.812. The fourth-order valence-corrected chi connectivity index (χ4v) is 4.05. The molecule has 1 atom stereocenters. The lowest BCUT2D eigenvalue weighted by atomic mass is 10.2. The number of nitrogens with zero attached hydrogens (tertiary/aromatic N) is 4. The van der Waals surface area contributed by atoms with Crippen LogP contribution in [0, 0.1) is 0 Å². The van der Waals surface area contributed by atoms with Crippen molar-refractivity contribution in [1.29, 1.82) is 0 Å². The molecule has 0 saturated carbocycles. The standard InChI is InChI=1S/C16H26Cl2N4O2S/c1-24-14-8-12-21(11-5-3-2-4-9-17)16(23)22(14)15-20-19-13(25-15)7-6-10-18/h14H,2-12H2,1H3. The zero-order chi connectivity index (χ0) is 18.1. The first-order valence-corrected chi connectivity index (χ1v) is 10.6. The Balaban J connectivity index is 1.98. The van der Waals surface area contributed by atoms with Crippen LogP contribution in [0.1, 0.15) is 43.5 Å². The number of methoxy groups -OCH3 is 1. The molecule has 2 rings (SSSR count). The molecule has 0 spiro atoms. The minimum absolute atomic E-state index is 0.0458. The Hall–Kier alpha value is -0.630. The van der Waals surface area contributed by atoms with Gasteiger partial charge in [0, 0.05) is 44.8 Å². The highest BCUT2D eigenvalue weighted by Crippen LogP contribution is 2.28. The average molecular weight is 409 g/mol. The van der Waals surface area contributed by atoms with Gasteiger partial charge in [-0.05, 0) is 19.3 Å². The SMILES string of the molecule is COC1CCN(CCCCCCCl)C(=O)N1c1nnc(CCCCl)s1. The first kappa shape index (κ1) is 20.7. The molecule has 1 aliphatic heterocycles. The minimum atomic E-state index is -0.283.